The van der Waals surface area contributed by atoms with Gasteiger partial charge in [-0.1, -0.05) is 36.4 Å². The number of hydrogen-bond donors (Lipinski definition) is 2. The third kappa shape index (κ3) is 2.86. The summed E-state index contributed by atoms with van der Waals surface area (Å²) in [6.45, 7) is 2.39. The molecule has 0 atom stereocenters. The predicted molar refractivity (Wildman–Crippen MR) is 82.1 cm³/mol. The van der Waals surface area contributed by atoms with Gasteiger partial charge in [0, 0.05) is 6.54 Å². The number of amides is 2. The van der Waals surface area contributed by atoms with Crippen LogP contribution in [0.2, 0.25) is 0 Å². The van der Waals surface area contributed by atoms with Gasteiger partial charge in [0.15, 0.2) is 5.58 Å². The molecule has 0 aliphatic rings. The van der Waals surface area contributed by atoms with Crippen LogP contribution in [0.3, 0.4) is 0 Å². The van der Waals surface area contributed by atoms with E-state index in [9.17, 15) is 4.79 Å². The summed E-state index contributed by atoms with van der Waals surface area (Å²) >= 11 is 0. The second-order valence-electron chi connectivity index (χ2n) is 4.55. The fourth-order valence-electron chi connectivity index (χ4n) is 2.09. The van der Waals surface area contributed by atoms with Crippen LogP contribution in [-0.4, -0.2) is 17.6 Å². The number of oxazole rings is 1. The zero-order valence-electron chi connectivity index (χ0n) is 11.6. The molecule has 2 N–H and O–H groups in total. The Morgan fingerprint density at radius 3 is 2.71 bits per heavy atom. The Bertz CT molecular complexity index is 766. The van der Waals surface area contributed by atoms with E-state index in [1.807, 2.05) is 55.5 Å². The van der Waals surface area contributed by atoms with Crippen molar-refractivity contribution in [2.24, 2.45) is 0 Å². The lowest BCUT2D eigenvalue weighted by atomic mass is 10.1. The van der Waals surface area contributed by atoms with Crippen molar-refractivity contribution in [2.75, 3.05) is 11.9 Å². The first-order valence-corrected chi connectivity index (χ1v) is 6.77. The monoisotopic (exact) mass is 281 g/mol. The summed E-state index contributed by atoms with van der Waals surface area (Å²) in [6, 6.07) is 15.7. The van der Waals surface area contributed by atoms with E-state index in [1.165, 1.54) is 0 Å². The molecule has 106 valence electrons. The van der Waals surface area contributed by atoms with Crippen molar-refractivity contribution >= 4 is 23.1 Å². The molecule has 5 nitrogen and oxygen atoms in total. The third-order valence-corrected chi connectivity index (χ3v) is 3.05. The average molecular weight is 281 g/mol. The van der Waals surface area contributed by atoms with E-state index >= 15 is 0 Å². The van der Waals surface area contributed by atoms with Crippen molar-refractivity contribution in [2.45, 2.75) is 6.92 Å². The number of aromatic nitrogens is 1. The number of carbonyl (C=O) groups is 1. The first kappa shape index (κ1) is 13.2. The highest BCUT2D eigenvalue weighted by Crippen LogP contribution is 2.25. The van der Waals surface area contributed by atoms with Crippen molar-refractivity contribution in [3.63, 3.8) is 0 Å². The molecule has 0 fully saturated rings. The molecule has 0 aliphatic heterocycles. The lowest BCUT2D eigenvalue weighted by Gasteiger charge is -1.99. The second kappa shape index (κ2) is 5.66. The van der Waals surface area contributed by atoms with Gasteiger partial charge >= 0.3 is 12.0 Å². The minimum Gasteiger partial charge on any atom is -0.423 e. The molecular weight excluding hydrogens is 266 g/mol. The first-order chi connectivity index (χ1) is 10.3. The van der Waals surface area contributed by atoms with Gasteiger partial charge in [-0.3, -0.25) is 5.32 Å². The largest absolute Gasteiger partial charge is 0.423 e. The number of hydrogen-bond acceptors (Lipinski definition) is 3. The number of urea groups is 1. The third-order valence-electron chi connectivity index (χ3n) is 3.05. The van der Waals surface area contributed by atoms with Crippen molar-refractivity contribution in [3.8, 4) is 11.1 Å². The van der Waals surface area contributed by atoms with E-state index in [0.29, 0.717) is 17.6 Å². The summed E-state index contributed by atoms with van der Waals surface area (Å²) in [4.78, 5) is 15.7. The van der Waals surface area contributed by atoms with Gasteiger partial charge in [-0.15, -0.1) is 0 Å². The molecule has 0 unspecified atom stereocenters. The minimum atomic E-state index is -0.327. The van der Waals surface area contributed by atoms with Crippen LogP contribution in [0.25, 0.3) is 22.2 Å². The zero-order chi connectivity index (χ0) is 14.7. The van der Waals surface area contributed by atoms with Gasteiger partial charge in [0.25, 0.3) is 0 Å². The molecular formula is C16H15N3O2. The van der Waals surface area contributed by atoms with Crippen LogP contribution in [0.1, 0.15) is 6.92 Å². The smallest absolute Gasteiger partial charge is 0.322 e. The SMILES string of the molecule is CCNC(=O)Nc1nc2cc(-c3ccccc3)ccc2o1. The Balaban J connectivity index is 1.90. The van der Waals surface area contributed by atoms with Crippen LogP contribution in [0.4, 0.5) is 10.8 Å². The number of nitrogens with one attached hydrogen (secondary N) is 2. The molecule has 0 aliphatic carbocycles. The van der Waals surface area contributed by atoms with E-state index in [4.69, 9.17) is 4.42 Å². The maximum Gasteiger partial charge on any atom is 0.322 e. The quantitative estimate of drug-likeness (QED) is 0.770. The highest BCUT2D eigenvalue weighted by molar-refractivity contribution is 5.89. The molecule has 0 spiro atoms. The Morgan fingerprint density at radius 2 is 1.95 bits per heavy atom. The molecule has 0 radical (unpaired) electrons. The second-order valence-corrected chi connectivity index (χ2v) is 4.55. The zero-order valence-corrected chi connectivity index (χ0v) is 11.6. The lowest BCUT2D eigenvalue weighted by Crippen LogP contribution is -2.28. The lowest BCUT2D eigenvalue weighted by molar-refractivity contribution is 0.252. The fraction of sp³-hybridized carbons (Fsp3) is 0.125. The number of anilines is 1. The Hall–Kier alpha value is -2.82. The van der Waals surface area contributed by atoms with Crippen LogP contribution >= 0.6 is 0 Å². The van der Waals surface area contributed by atoms with Crippen LogP contribution in [0.5, 0.6) is 0 Å². The van der Waals surface area contributed by atoms with E-state index in [-0.39, 0.29) is 12.0 Å². The standard InChI is InChI=1S/C16H15N3O2/c1-2-17-15(20)19-16-18-13-10-12(8-9-14(13)21-16)11-6-4-3-5-7-11/h3-10H,2H2,1H3,(H2,17,18,19,20). The molecule has 21 heavy (non-hydrogen) atoms. The van der Waals surface area contributed by atoms with E-state index in [1.54, 1.807) is 0 Å². The van der Waals surface area contributed by atoms with Gasteiger partial charge in [-0.05, 0) is 30.2 Å². The minimum absolute atomic E-state index is 0.196. The van der Waals surface area contributed by atoms with Crippen molar-refractivity contribution in [1.29, 1.82) is 0 Å². The summed E-state index contributed by atoms with van der Waals surface area (Å²) in [5, 5.41) is 5.19. The van der Waals surface area contributed by atoms with Gasteiger partial charge in [0.05, 0.1) is 0 Å². The fourth-order valence-corrected chi connectivity index (χ4v) is 2.09. The van der Waals surface area contributed by atoms with Gasteiger partial charge in [-0.25, -0.2) is 4.79 Å². The molecule has 0 saturated carbocycles. The summed E-state index contributed by atoms with van der Waals surface area (Å²) in [5.74, 6) is 0. The van der Waals surface area contributed by atoms with Crippen LogP contribution in [-0.2, 0) is 0 Å². The van der Waals surface area contributed by atoms with Crippen molar-refractivity contribution in [1.82, 2.24) is 10.3 Å². The maximum atomic E-state index is 11.5. The Labute approximate surface area is 122 Å². The molecule has 1 aromatic heterocycles. The average Bonchev–Trinajstić information content (AvgIpc) is 2.89. The molecule has 3 rings (SSSR count). The topological polar surface area (TPSA) is 67.2 Å². The maximum absolute atomic E-state index is 11.5. The van der Waals surface area contributed by atoms with E-state index < -0.39 is 0 Å². The highest BCUT2D eigenvalue weighted by atomic mass is 16.4. The van der Waals surface area contributed by atoms with Crippen molar-refractivity contribution < 1.29 is 9.21 Å². The number of rotatable bonds is 3. The normalized spacial score (nSPS) is 10.5. The number of nitrogens with zero attached hydrogens (tertiary/aromatic N) is 1. The van der Waals surface area contributed by atoms with Crippen LogP contribution < -0.4 is 10.6 Å². The number of benzene rings is 2. The van der Waals surface area contributed by atoms with E-state index in [0.717, 1.165) is 11.1 Å². The first-order valence-electron chi connectivity index (χ1n) is 6.77. The molecule has 5 heteroatoms. The molecule has 2 aromatic carbocycles. The molecule has 3 aromatic rings. The predicted octanol–water partition coefficient (Wildman–Crippen LogP) is 3.64. The van der Waals surface area contributed by atoms with Crippen molar-refractivity contribution in [3.05, 3.63) is 48.5 Å². The van der Waals surface area contributed by atoms with Gasteiger partial charge in [-0.2, -0.15) is 4.98 Å². The summed E-state index contributed by atoms with van der Waals surface area (Å²) in [5.41, 5.74) is 3.52. The molecule has 1 heterocycles. The Kier molecular flexibility index (Phi) is 3.55. The number of fused-ring (bicyclic) bond motifs is 1. The molecule has 0 bridgehead atoms. The molecule has 2 amide bonds. The molecule has 0 saturated heterocycles. The highest BCUT2D eigenvalue weighted by Gasteiger charge is 2.09. The van der Waals surface area contributed by atoms with E-state index in [2.05, 4.69) is 15.6 Å². The van der Waals surface area contributed by atoms with Gasteiger partial charge in [0.1, 0.15) is 5.52 Å². The summed E-state index contributed by atoms with van der Waals surface area (Å²) < 4.78 is 5.49. The summed E-state index contributed by atoms with van der Waals surface area (Å²) in [6.07, 6.45) is 0. The van der Waals surface area contributed by atoms with Crippen LogP contribution in [0, 0.1) is 0 Å². The number of carbonyl (C=O) groups excluding carboxylic acids is 1. The summed E-state index contributed by atoms with van der Waals surface area (Å²) in [7, 11) is 0. The Morgan fingerprint density at radius 1 is 1.14 bits per heavy atom. The van der Waals surface area contributed by atoms with Gasteiger partial charge < -0.3 is 9.73 Å². The van der Waals surface area contributed by atoms with Crippen LogP contribution in [0.15, 0.2) is 52.9 Å². The van der Waals surface area contributed by atoms with Gasteiger partial charge in [0.2, 0.25) is 0 Å².